The molecule has 0 aromatic carbocycles. The normalized spacial score (nSPS) is 18.9. The zero-order valence-electron chi connectivity index (χ0n) is 8.98. The Hall–Kier alpha value is -1.13. The summed E-state index contributed by atoms with van der Waals surface area (Å²) in [6, 6.07) is 5.35. The molecule has 0 radical (unpaired) electrons. The fourth-order valence-electron chi connectivity index (χ4n) is 1.71. The van der Waals surface area contributed by atoms with Gasteiger partial charge in [0.2, 0.25) is 0 Å². The quantitative estimate of drug-likeness (QED) is 0.825. The first-order valence-electron chi connectivity index (χ1n) is 5.26. The molecule has 1 atom stereocenters. The average molecular weight is 242 g/mol. The highest BCUT2D eigenvalue weighted by molar-refractivity contribution is 5.92. The van der Waals surface area contributed by atoms with Crippen molar-refractivity contribution in [3.63, 3.8) is 0 Å². The second kappa shape index (κ2) is 6.45. The van der Waals surface area contributed by atoms with Gasteiger partial charge in [0.15, 0.2) is 0 Å². The van der Waals surface area contributed by atoms with Gasteiger partial charge in [0.1, 0.15) is 5.69 Å². The average Bonchev–Trinajstić information content (AvgIpc) is 2.80. The second-order valence-electron chi connectivity index (χ2n) is 3.78. The molecule has 2 rings (SSSR count). The number of aromatic nitrogens is 1. The summed E-state index contributed by atoms with van der Waals surface area (Å²) in [7, 11) is 0. The lowest BCUT2D eigenvalue weighted by molar-refractivity contribution is 0.0943. The minimum atomic E-state index is -0.0810. The Bertz CT molecular complexity index is 325. The molecule has 0 aliphatic carbocycles. The third-order valence-corrected chi connectivity index (χ3v) is 2.61. The van der Waals surface area contributed by atoms with E-state index in [1.165, 1.54) is 0 Å². The van der Waals surface area contributed by atoms with Crippen molar-refractivity contribution in [3.8, 4) is 0 Å². The van der Waals surface area contributed by atoms with E-state index in [1.54, 1.807) is 18.3 Å². The number of pyridine rings is 1. The van der Waals surface area contributed by atoms with Gasteiger partial charge in [0, 0.05) is 12.7 Å². The van der Waals surface area contributed by atoms with E-state index in [-0.39, 0.29) is 18.3 Å². The fourth-order valence-corrected chi connectivity index (χ4v) is 1.71. The SMILES string of the molecule is Cl.O=C(NCC1CCNC1)c1ccccn1. The Labute approximate surface area is 101 Å². The molecule has 16 heavy (non-hydrogen) atoms. The van der Waals surface area contributed by atoms with Crippen LogP contribution in [0.5, 0.6) is 0 Å². The molecule has 0 spiro atoms. The molecule has 2 N–H and O–H groups in total. The van der Waals surface area contributed by atoms with Gasteiger partial charge in [0.05, 0.1) is 0 Å². The largest absolute Gasteiger partial charge is 0.350 e. The molecule has 1 aromatic rings. The van der Waals surface area contributed by atoms with E-state index in [0.29, 0.717) is 11.6 Å². The highest BCUT2D eigenvalue weighted by Crippen LogP contribution is 2.05. The van der Waals surface area contributed by atoms with Gasteiger partial charge in [-0.15, -0.1) is 12.4 Å². The van der Waals surface area contributed by atoms with Crippen LogP contribution in [0.25, 0.3) is 0 Å². The Morgan fingerprint density at radius 3 is 3.06 bits per heavy atom. The van der Waals surface area contributed by atoms with Crippen LogP contribution in [0.15, 0.2) is 24.4 Å². The number of rotatable bonds is 3. The topological polar surface area (TPSA) is 54.0 Å². The Morgan fingerprint density at radius 1 is 1.56 bits per heavy atom. The molecular formula is C11H16ClN3O. The summed E-state index contributed by atoms with van der Waals surface area (Å²) in [6.45, 7) is 2.80. The third-order valence-electron chi connectivity index (χ3n) is 2.61. The number of halogens is 1. The van der Waals surface area contributed by atoms with Gasteiger partial charge in [-0.05, 0) is 37.6 Å². The standard InChI is InChI=1S/C11H15N3O.ClH/c15-11(10-3-1-2-5-13-10)14-8-9-4-6-12-7-9;/h1-3,5,9,12H,4,6-8H2,(H,14,15);1H. The monoisotopic (exact) mass is 241 g/mol. The lowest BCUT2D eigenvalue weighted by Crippen LogP contribution is -2.30. The molecule has 1 saturated heterocycles. The molecule has 2 heterocycles. The molecule has 1 fully saturated rings. The number of carbonyl (C=O) groups is 1. The second-order valence-corrected chi connectivity index (χ2v) is 3.78. The Balaban J connectivity index is 0.00000128. The molecule has 1 unspecified atom stereocenters. The summed E-state index contributed by atoms with van der Waals surface area (Å²) in [5, 5.41) is 6.17. The highest BCUT2D eigenvalue weighted by Gasteiger charge is 2.15. The van der Waals surface area contributed by atoms with Crippen molar-refractivity contribution in [2.24, 2.45) is 5.92 Å². The van der Waals surface area contributed by atoms with E-state index in [2.05, 4.69) is 15.6 Å². The number of nitrogens with one attached hydrogen (secondary N) is 2. The number of hydrogen-bond donors (Lipinski definition) is 2. The maximum absolute atomic E-state index is 11.6. The van der Waals surface area contributed by atoms with Crippen LogP contribution in [-0.2, 0) is 0 Å². The van der Waals surface area contributed by atoms with Gasteiger partial charge in [-0.1, -0.05) is 6.07 Å². The maximum atomic E-state index is 11.6. The summed E-state index contributed by atoms with van der Waals surface area (Å²) in [6.07, 6.45) is 2.77. The third kappa shape index (κ3) is 3.47. The van der Waals surface area contributed by atoms with Gasteiger partial charge >= 0.3 is 0 Å². The van der Waals surface area contributed by atoms with E-state index in [1.807, 2.05) is 6.07 Å². The van der Waals surface area contributed by atoms with Crippen molar-refractivity contribution in [2.75, 3.05) is 19.6 Å². The van der Waals surface area contributed by atoms with Crippen LogP contribution in [0.1, 0.15) is 16.9 Å². The Kier molecular flexibility index (Phi) is 5.22. The molecule has 0 saturated carbocycles. The molecule has 1 aromatic heterocycles. The molecule has 1 aliphatic rings. The summed E-state index contributed by atoms with van der Waals surface area (Å²) < 4.78 is 0. The van der Waals surface area contributed by atoms with Gasteiger partial charge in [0.25, 0.3) is 5.91 Å². The predicted octanol–water partition coefficient (Wildman–Crippen LogP) is 0.843. The zero-order valence-corrected chi connectivity index (χ0v) is 9.80. The smallest absolute Gasteiger partial charge is 0.269 e. The molecule has 4 nitrogen and oxygen atoms in total. The van der Waals surface area contributed by atoms with E-state index >= 15 is 0 Å². The number of nitrogens with zero attached hydrogens (tertiary/aromatic N) is 1. The molecule has 1 amide bonds. The highest BCUT2D eigenvalue weighted by atomic mass is 35.5. The molecular weight excluding hydrogens is 226 g/mol. The maximum Gasteiger partial charge on any atom is 0.269 e. The lowest BCUT2D eigenvalue weighted by atomic mass is 10.1. The van der Waals surface area contributed by atoms with Gasteiger partial charge in [-0.3, -0.25) is 9.78 Å². The summed E-state index contributed by atoms with van der Waals surface area (Å²) >= 11 is 0. The van der Waals surface area contributed by atoms with Crippen LogP contribution in [-0.4, -0.2) is 30.5 Å². The van der Waals surface area contributed by atoms with Gasteiger partial charge in [-0.2, -0.15) is 0 Å². The van der Waals surface area contributed by atoms with Crippen molar-refractivity contribution in [3.05, 3.63) is 30.1 Å². The van der Waals surface area contributed by atoms with Crippen LogP contribution in [0, 0.1) is 5.92 Å². The zero-order chi connectivity index (χ0) is 10.5. The van der Waals surface area contributed by atoms with E-state index < -0.39 is 0 Å². The molecule has 0 bridgehead atoms. The van der Waals surface area contributed by atoms with Crippen LogP contribution in [0.2, 0.25) is 0 Å². The van der Waals surface area contributed by atoms with Crippen LogP contribution >= 0.6 is 12.4 Å². The summed E-state index contributed by atoms with van der Waals surface area (Å²) in [4.78, 5) is 15.6. The van der Waals surface area contributed by atoms with Crippen LogP contribution in [0.3, 0.4) is 0 Å². The molecule has 1 aliphatic heterocycles. The predicted molar refractivity (Wildman–Crippen MR) is 64.8 cm³/mol. The minimum Gasteiger partial charge on any atom is -0.350 e. The minimum absolute atomic E-state index is 0. The first kappa shape index (κ1) is 12.9. The van der Waals surface area contributed by atoms with Gasteiger partial charge in [-0.25, -0.2) is 0 Å². The number of hydrogen-bond acceptors (Lipinski definition) is 3. The molecule has 5 heteroatoms. The van der Waals surface area contributed by atoms with Crippen LogP contribution < -0.4 is 10.6 Å². The number of carbonyl (C=O) groups excluding carboxylic acids is 1. The lowest BCUT2D eigenvalue weighted by Gasteiger charge is -2.09. The van der Waals surface area contributed by atoms with Crippen molar-refractivity contribution in [2.45, 2.75) is 6.42 Å². The van der Waals surface area contributed by atoms with Crippen molar-refractivity contribution in [1.29, 1.82) is 0 Å². The Morgan fingerprint density at radius 2 is 2.44 bits per heavy atom. The first-order valence-corrected chi connectivity index (χ1v) is 5.26. The van der Waals surface area contributed by atoms with E-state index in [0.717, 1.165) is 26.1 Å². The van der Waals surface area contributed by atoms with E-state index in [9.17, 15) is 4.79 Å². The number of amides is 1. The van der Waals surface area contributed by atoms with Crippen LogP contribution in [0.4, 0.5) is 0 Å². The van der Waals surface area contributed by atoms with E-state index in [4.69, 9.17) is 0 Å². The first-order chi connectivity index (χ1) is 7.36. The van der Waals surface area contributed by atoms with Crippen molar-refractivity contribution in [1.82, 2.24) is 15.6 Å². The van der Waals surface area contributed by atoms with Crippen molar-refractivity contribution < 1.29 is 4.79 Å². The summed E-state index contributed by atoms with van der Waals surface area (Å²) in [5.41, 5.74) is 0.489. The fraction of sp³-hybridized carbons (Fsp3) is 0.455. The molecule has 88 valence electrons. The van der Waals surface area contributed by atoms with Crippen molar-refractivity contribution >= 4 is 18.3 Å². The summed E-state index contributed by atoms with van der Waals surface area (Å²) in [5.74, 6) is 0.486. The van der Waals surface area contributed by atoms with Gasteiger partial charge < -0.3 is 10.6 Å².